The van der Waals surface area contributed by atoms with Gasteiger partial charge in [-0.25, -0.2) is 4.98 Å². The van der Waals surface area contributed by atoms with Crippen LogP contribution in [0.3, 0.4) is 0 Å². The topological polar surface area (TPSA) is 40.0 Å². The van der Waals surface area contributed by atoms with E-state index < -0.39 is 0 Å². The Balaban J connectivity index is 1.26. The van der Waals surface area contributed by atoms with E-state index in [0.717, 1.165) is 47.9 Å². The van der Waals surface area contributed by atoms with Crippen molar-refractivity contribution in [3.63, 3.8) is 0 Å². The van der Waals surface area contributed by atoms with Gasteiger partial charge in [0.05, 0.1) is 11.3 Å². The second-order valence-corrected chi connectivity index (χ2v) is 11.7. The number of aryl methyl sites for hydroxylation is 1. The van der Waals surface area contributed by atoms with Crippen LogP contribution in [0.25, 0.3) is 6.08 Å². The van der Waals surface area contributed by atoms with E-state index in [1.807, 2.05) is 36.6 Å². The van der Waals surface area contributed by atoms with E-state index in [2.05, 4.69) is 47.7 Å². The maximum absolute atomic E-state index is 9.06. The first-order valence-electron chi connectivity index (χ1n) is 12.9. The Kier molecular flexibility index (Phi) is 7.95. The third kappa shape index (κ3) is 5.74. The van der Waals surface area contributed by atoms with Gasteiger partial charge in [-0.2, -0.15) is 0 Å². The van der Waals surface area contributed by atoms with Gasteiger partial charge in [0.25, 0.3) is 0 Å². The maximum Gasteiger partial charge on any atom is 0.129 e. The lowest BCUT2D eigenvalue weighted by atomic mass is 9.84. The number of rotatable bonds is 9. The Morgan fingerprint density at radius 3 is 2.65 bits per heavy atom. The summed E-state index contributed by atoms with van der Waals surface area (Å²) in [4.78, 5) is 6.78. The molecule has 2 aromatic rings. The molecular weight excluding hydrogens is 521 g/mol. The zero-order chi connectivity index (χ0) is 26.1. The molecule has 1 aromatic carbocycles. The van der Waals surface area contributed by atoms with Crippen molar-refractivity contribution in [2.24, 2.45) is 11.8 Å². The van der Waals surface area contributed by atoms with Gasteiger partial charge in [-0.15, -0.1) is 11.6 Å². The van der Waals surface area contributed by atoms with E-state index in [1.54, 1.807) is 0 Å². The molecule has 2 fully saturated rings. The van der Waals surface area contributed by atoms with Crippen LogP contribution >= 0.6 is 34.8 Å². The highest BCUT2D eigenvalue weighted by Crippen LogP contribution is 2.41. The Labute approximate surface area is 235 Å². The van der Waals surface area contributed by atoms with Gasteiger partial charge in [-0.3, -0.25) is 0 Å². The van der Waals surface area contributed by atoms with Gasteiger partial charge >= 0.3 is 0 Å². The van der Waals surface area contributed by atoms with E-state index in [9.17, 15) is 0 Å². The molecule has 6 heteroatoms. The Hall–Kier alpha value is -2.33. The van der Waals surface area contributed by atoms with Crippen molar-refractivity contribution in [3.8, 4) is 0 Å². The molecular formula is C31H32Cl3N3. The van der Waals surface area contributed by atoms with Gasteiger partial charge in [0.2, 0.25) is 0 Å². The lowest BCUT2D eigenvalue weighted by Crippen LogP contribution is -2.45. The first kappa shape index (κ1) is 26.3. The van der Waals surface area contributed by atoms with E-state index >= 15 is 0 Å². The molecule has 2 heterocycles. The van der Waals surface area contributed by atoms with E-state index in [-0.39, 0.29) is 11.3 Å². The van der Waals surface area contributed by atoms with Gasteiger partial charge in [0.1, 0.15) is 5.82 Å². The number of hydrogen-bond donors (Lipinski definition) is 1. The third-order valence-corrected chi connectivity index (χ3v) is 8.93. The zero-order valence-electron chi connectivity index (χ0n) is 21.1. The van der Waals surface area contributed by atoms with Crippen LogP contribution in [0.5, 0.6) is 0 Å². The molecule has 0 spiro atoms. The third-order valence-electron chi connectivity index (χ3n) is 7.85. The molecule has 0 amide bonds. The number of aromatic nitrogens is 1. The smallest absolute Gasteiger partial charge is 0.129 e. The molecule has 192 valence electrons. The molecule has 0 radical (unpaired) electrons. The first-order chi connectivity index (χ1) is 17.9. The number of hydrogen-bond acceptors (Lipinski definition) is 3. The highest BCUT2D eigenvalue weighted by atomic mass is 35.5. The van der Waals surface area contributed by atoms with Crippen molar-refractivity contribution >= 4 is 52.4 Å². The zero-order valence-corrected chi connectivity index (χ0v) is 23.3. The van der Waals surface area contributed by atoms with Crippen molar-refractivity contribution < 1.29 is 0 Å². The number of halogens is 3. The van der Waals surface area contributed by atoms with Gasteiger partial charge in [-0.05, 0) is 85.1 Å². The Bertz CT molecular complexity index is 1300. The molecule has 1 saturated carbocycles. The Morgan fingerprint density at radius 1 is 1.19 bits per heavy atom. The van der Waals surface area contributed by atoms with Crippen LogP contribution in [-0.2, 0) is 6.42 Å². The standard InChI is InChI=1S/C31H32Cl3N3/c1-3-20-13-14-36-29(16-20)37-17-23(18-37)25-12-8-21(15-28(25)34)7-11-24(19(2)22-9-10-22)31(35)30-26(32)5-4-6-27(30)33/h3-6,8,12-16,22-23,26,30,35H,1,7,9-11,17-18H2,2H3/b24-19+,35-31?. The predicted molar refractivity (Wildman–Crippen MR) is 158 cm³/mol. The molecule has 0 bridgehead atoms. The molecule has 1 aromatic heterocycles. The summed E-state index contributed by atoms with van der Waals surface area (Å²) < 4.78 is 0. The maximum atomic E-state index is 9.06. The lowest BCUT2D eigenvalue weighted by Gasteiger charge is -2.41. The van der Waals surface area contributed by atoms with Crippen molar-refractivity contribution in [1.82, 2.24) is 4.98 Å². The van der Waals surface area contributed by atoms with Crippen LogP contribution in [0, 0.1) is 17.2 Å². The summed E-state index contributed by atoms with van der Waals surface area (Å²) in [5, 5.41) is 10.2. The van der Waals surface area contributed by atoms with Crippen LogP contribution < -0.4 is 4.90 Å². The van der Waals surface area contributed by atoms with Crippen molar-refractivity contribution in [1.29, 1.82) is 5.41 Å². The number of allylic oxidation sites excluding steroid dienone is 6. The monoisotopic (exact) mass is 551 g/mol. The summed E-state index contributed by atoms with van der Waals surface area (Å²) >= 11 is 19.9. The lowest BCUT2D eigenvalue weighted by molar-refractivity contribution is 0.520. The quantitative estimate of drug-likeness (QED) is 0.250. The largest absolute Gasteiger partial charge is 0.355 e. The van der Waals surface area contributed by atoms with Gasteiger partial charge in [0.15, 0.2) is 0 Å². The number of anilines is 1. The molecule has 2 aliphatic carbocycles. The number of nitrogens with zero attached hydrogens (tertiary/aromatic N) is 2. The van der Waals surface area contributed by atoms with Crippen LogP contribution in [0.4, 0.5) is 5.82 Å². The molecule has 2 unspecified atom stereocenters. The molecule has 2 atom stereocenters. The molecule has 3 aliphatic rings. The van der Waals surface area contributed by atoms with Gasteiger partial charge in [0, 0.05) is 41.0 Å². The minimum atomic E-state index is -0.294. The van der Waals surface area contributed by atoms with E-state index in [4.69, 9.17) is 40.2 Å². The van der Waals surface area contributed by atoms with Crippen molar-refractivity contribution in [3.05, 3.63) is 99.2 Å². The second kappa shape index (κ2) is 11.2. The highest BCUT2D eigenvalue weighted by molar-refractivity contribution is 6.35. The molecule has 37 heavy (non-hydrogen) atoms. The number of alkyl halides is 1. The van der Waals surface area contributed by atoms with Crippen LogP contribution in [0.2, 0.25) is 5.02 Å². The second-order valence-electron chi connectivity index (χ2n) is 10.3. The van der Waals surface area contributed by atoms with Crippen LogP contribution in [0.15, 0.2) is 77.5 Å². The summed E-state index contributed by atoms with van der Waals surface area (Å²) in [6, 6.07) is 10.5. The Morgan fingerprint density at radius 2 is 1.97 bits per heavy atom. The average molecular weight is 553 g/mol. The summed E-state index contributed by atoms with van der Waals surface area (Å²) in [6.07, 6.45) is 13.3. The van der Waals surface area contributed by atoms with Crippen molar-refractivity contribution in [2.45, 2.75) is 43.9 Å². The minimum absolute atomic E-state index is 0.286. The van der Waals surface area contributed by atoms with E-state index in [0.29, 0.717) is 22.6 Å². The normalized spacial score (nSPS) is 22.3. The fourth-order valence-corrected chi connectivity index (χ4v) is 6.42. The van der Waals surface area contributed by atoms with Crippen LogP contribution in [-0.4, -0.2) is 29.2 Å². The first-order valence-corrected chi connectivity index (χ1v) is 14.1. The highest BCUT2D eigenvalue weighted by Gasteiger charge is 2.33. The SMILES string of the molecule is C=Cc1ccnc(N2CC(c3ccc(CC/C(C(=N)C4C(Cl)=CC=CC4Cl)=C(/C)C4CC4)cc3Cl)C2)c1. The van der Waals surface area contributed by atoms with E-state index in [1.165, 1.54) is 29.5 Å². The predicted octanol–water partition coefficient (Wildman–Crippen LogP) is 8.58. The summed E-state index contributed by atoms with van der Waals surface area (Å²) in [6.45, 7) is 7.84. The molecule has 3 nitrogen and oxygen atoms in total. The van der Waals surface area contributed by atoms with Gasteiger partial charge in [-0.1, -0.05) is 65.7 Å². The molecule has 1 aliphatic heterocycles. The fraction of sp³-hybridized carbons (Fsp3) is 0.355. The summed E-state index contributed by atoms with van der Waals surface area (Å²) in [7, 11) is 0. The molecule has 1 saturated heterocycles. The van der Waals surface area contributed by atoms with Crippen molar-refractivity contribution in [2.75, 3.05) is 18.0 Å². The summed E-state index contributed by atoms with van der Waals surface area (Å²) in [5.74, 6) is 1.67. The number of pyridine rings is 1. The number of nitrogens with one attached hydrogen (secondary N) is 1. The summed E-state index contributed by atoms with van der Waals surface area (Å²) in [5.41, 5.74) is 6.43. The number of benzene rings is 1. The average Bonchev–Trinajstić information content (AvgIpc) is 3.70. The fourth-order valence-electron chi connectivity index (χ4n) is 5.34. The van der Waals surface area contributed by atoms with Gasteiger partial charge < -0.3 is 10.3 Å². The molecule has 5 rings (SSSR count). The minimum Gasteiger partial charge on any atom is -0.355 e. The molecule has 1 N–H and O–H groups in total. The van der Waals surface area contributed by atoms with Crippen LogP contribution in [0.1, 0.15) is 48.8 Å².